The van der Waals surface area contributed by atoms with Gasteiger partial charge in [-0.15, -0.1) is 0 Å². The highest BCUT2D eigenvalue weighted by Crippen LogP contribution is 2.41. The second-order valence-electron chi connectivity index (χ2n) is 4.53. The van der Waals surface area contributed by atoms with Crippen molar-refractivity contribution in [2.45, 2.75) is 64.4 Å². The van der Waals surface area contributed by atoms with Crippen molar-refractivity contribution >= 4 is 0 Å². The van der Waals surface area contributed by atoms with Gasteiger partial charge in [0.1, 0.15) is 0 Å². The van der Waals surface area contributed by atoms with Gasteiger partial charge in [-0.1, -0.05) is 39.5 Å². The van der Waals surface area contributed by atoms with E-state index >= 15 is 0 Å². The number of rotatable bonds is 6. The summed E-state index contributed by atoms with van der Waals surface area (Å²) in [7, 11) is 0. The maximum atomic E-state index is 9.66. The Labute approximate surface area is 76.2 Å². The lowest BCUT2D eigenvalue weighted by Gasteiger charge is -2.14. The summed E-state index contributed by atoms with van der Waals surface area (Å²) >= 11 is 0. The Morgan fingerprint density at radius 3 is 2.50 bits per heavy atom. The van der Waals surface area contributed by atoms with E-state index in [1.165, 1.54) is 25.7 Å². The molecule has 1 unspecified atom stereocenters. The molecule has 0 spiro atoms. The molecule has 1 heteroatoms. The van der Waals surface area contributed by atoms with Gasteiger partial charge >= 0.3 is 0 Å². The minimum Gasteiger partial charge on any atom is -0.390 e. The first-order valence-electron chi connectivity index (χ1n) is 5.39. The number of aliphatic hydroxyl groups is 1. The molecular formula is C11H22O. The molecule has 1 N–H and O–H groups in total. The Balaban J connectivity index is 2.00. The summed E-state index contributed by atoms with van der Waals surface area (Å²) in [6, 6.07) is 0. The minimum absolute atomic E-state index is 0.231. The average molecular weight is 170 g/mol. The van der Waals surface area contributed by atoms with Crippen molar-refractivity contribution in [3.63, 3.8) is 0 Å². The van der Waals surface area contributed by atoms with Crippen LogP contribution < -0.4 is 0 Å². The Morgan fingerprint density at radius 2 is 2.00 bits per heavy atom. The van der Waals surface area contributed by atoms with Crippen LogP contribution in [0.15, 0.2) is 0 Å². The molecule has 0 aromatic heterocycles. The van der Waals surface area contributed by atoms with Crippen molar-refractivity contribution in [2.75, 3.05) is 0 Å². The summed E-state index contributed by atoms with van der Waals surface area (Å²) < 4.78 is 0. The second-order valence-corrected chi connectivity index (χ2v) is 4.53. The van der Waals surface area contributed by atoms with Crippen LogP contribution in [0.3, 0.4) is 0 Å². The third kappa shape index (κ3) is 3.57. The highest BCUT2D eigenvalue weighted by molar-refractivity contribution is 4.94. The van der Waals surface area contributed by atoms with Gasteiger partial charge in [0, 0.05) is 0 Å². The van der Waals surface area contributed by atoms with E-state index in [9.17, 15) is 5.11 Å². The van der Waals surface area contributed by atoms with Gasteiger partial charge in [0.25, 0.3) is 0 Å². The molecule has 1 atom stereocenters. The van der Waals surface area contributed by atoms with E-state index in [-0.39, 0.29) is 5.60 Å². The van der Waals surface area contributed by atoms with Crippen molar-refractivity contribution in [1.29, 1.82) is 0 Å². The fourth-order valence-corrected chi connectivity index (χ4v) is 1.84. The van der Waals surface area contributed by atoms with Crippen LogP contribution in [0.4, 0.5) is 0 Å². The molecule has 1 nitrogen and oxygen atoms in total. The zero-order valence-electron chi connectivity index (χ0n) is 8.47. The molecule has 0 radical (unpaired) electrons. The van der Waals surface area contributed by atoms with Crippen LogP contribution in [0.5, 0.6) is 0 Å². The fourth-order valence-electron chi connectivity index (χ4n) is 1.84. The summed E-state index contributed by atoms with van der Waals surface area (Å²) in [5.74, 6) is 0.726. The zero-order valence-corrected chi connectivity index (χ0v) is 8.47. The minimum atomic E-state index is -0.231. The van der Waals surface area contributed by atoms with Crippen LogP contribution in [0.1, 0.15) is 58.8 Å². The Bertz CT molecular complexity index is 127. The number of hydrogen-bond donors (Lipinski definition) is 1. The van der Waals surface area contributed by atoms with E-state index in [0.29, 0.717) is 0 Å². The van der Waals surface area contributed by atoms with Gasteiger partial charge in [-0.3, -0.25) is 0 Å². The summed E-state index contributed by atoms with van der Waals surface area (Å²) in [6.07, 6.45) is 8.43. The van der Waals surface area contributed by atoms with Gasteiger partial charge in [-0.25, -0.2) is 0 Å². The van der Waals surface area contributed by atoms with Gasteiger partial charge in [0.15, 0.2) is 0 Å². The van der Waals surface area contributed by atoms with Gasteiger partial charge in [-0.05, 0) is 25.2 Å². The first-order chi connectivity index (χ1) is 5.66. The van der Waals surface area contributed by atoms with E-state index in [0.717, 1.165) is 25.2 Å². The normalized spacial score (nSPS) is 22.2. The van der Waals surface area contributed by atoms with Gasteiger partial charge in [-0.2, -0.15) is 0 Å². The molecule has 1 rings (SSSR count). The SMILES string of the molecule is CCCCCC(C)CC1(O)CC1. The molecule has 12 heavy (non-hydrogen) atoms. The first-order valence-corrected chi connectivity index (χ1v) is 5.39. The average Bonchev–Trinajstić information content (AvgIpc) is 2.68. The van der Waals surface area contributed by atoms with Crippen LogP contribution in [-0.4, -0.2) is 10.7 Å². The van der Waals surface area contributed by atoms with Crippen LogP contribution in [0.2, 0.25) is 0 Å². The molecule has 1 saturated carbocycles. The van der Waals surface area contributed by atoms with Crippen molar-refractivity contribution in [2.24, 2.45) is 5.92 Å². The molecule has 1 fully saturated rings. The summed E-state index contributed by atoms with van der Waals surface area (Å²) in [4.78, 5) is 0. The van der Waals surface area contributed by atoms with E-state index in [2.05, 4.69) is 13.8 Å². The Kier molecular flexibility index (Phi) is 3.57. The van der Waals surface area contributed by atoms with Crippen LogP contribution in [0.25, 0.3) is 0 Å². The fraction of sp³-hybridized carbons (Fsp3) is 1.00. The van der Waals surface area contributed by atoms with E-state index < -0.39 is 0 Å². The molecule has 1 aliphatic rings. The van der Waals surface area contributed by atoms with E-state index in [1.54, 1.807) is 0 Å². The second kappa shape index (κ2) is 4.27. The van der Waals surface area contributed by atoms with Crippen molar-refractivity contribution in [3.05, 3.63) is 0 Å². The molecular weight excluding hydrogens is 148 g/mol. The third-order valence-electron chi connectivity index (χ3n) is 2.86. The maximum absolute atomic E-state index is 9.66. The molecule has 0 bridgehead atoms. The predicted molar refractivity (Wildman–Crippen MR) is 52.1 cm³/mol. The van der Waals surface area contributed by atoms with Gasteiger partial charge < -0.3 is 5.11 Å². The molecule has 0 aromatic carbocycles. The van der Waals surface area contributed by atoms with Crippen LogP contribution in [0, 0.1) is 5.92 Å². The molecule has 0 aromatic rings. The predicted octanol–water partition coefficient (Wildman–Crippen LogP) is 3.12. The Hall–Kier alpha value is -0.0400. The molecule has 0 aliphatic heterocycles. The topological polar surface area (TPSA) is 20.2 Å². The van der Waals surface area contributed by atoms with Crippen molar-refractivity contribution in [1.82, 2.24) is 0 Å². The van der Waals surface area contributed by atoms with E-state index in [1.807, 2.05) is 0 Å². The third-order valence-corrected chi connectivity index (χ3v) is 2.86. The summed E-state index contributed by atoms with van der Waals surface area (Å²) in [5, 5.41) is 9.66. The van der Waals surface area contributed by atoms with Gasteiger partial charge in [0.2, 0.25) is 0 Å². The van der Waals surface area contributed by atoms with E-state index in [4.69, 9.17) is 0 Å². The highest BCUT2D eigenvalue weighted by Gasteiger charge is 2.40. The lowest BCUT2D eigenvalue weighted by molar-refractivity contribution is 0.119. The highest BCUT2D eigenvalue weighted by atomic mass is 16.3. The molecule has 72 valence electrons. The standard InChI is InChI=1S/C11H22O/c1-3-4-5-6-10(2)9-11(12)7-8-11/h10,12H,3-9H2,1-2H3. The van der Waals surface area contributed by atoms with Crippen molar-refractivity contribution < 1.29 is 5.11 Å². The smallest absolute Gasteiger partial charge is 0.0652 e. The number of hydrogen-bond acceptors (Lipinski definition) is 1. The first kappa shape index (κ1) is 10.0. The lowest BCUT2D eigenvalue weighted by Crippen LogP contribution is -2.12. The molecule has 0 saturated heterocycles. The van der Waals surface area contributed by atoms with Crippen LogP contribution >= 0.6 is 0 Å². The quantitative estimate of drug-likeness (QED) is 0.607. The summed E-state index contributed by atoms with van der Waals surface area (Å²) in [5.41, 5.74) is -0.231. The van der Waals surface area contributed by atoms with Crippen molar-refractivity contribution in [3.8, 4) is 0 Å². The largest absolute Gasteiger partial charge is 0.390 e. The lowest BCUT2D eigenvalue weighted by atomic mass is 9.96. The summed E-state index contributed by atoms with van der Waals surface area (Å²) in [6.45, 7) is 4.51. The Morgan fingerprint density at radius 1 is 1.33 bits per heavy atom. The molecule has 1 aliphatic carbocycles. The van der Waals surface area contributed by atoms with Crippen LogP contribution in [-0.2, 0) is 0 Å². The monoisotopic (exact) mass is 170 g/mol. The maximum Gasteiger partial charge on any atom is 0.0652 e. The zero-order chi connectivity index (χ0) is 9.03. The molecule has 0 amide bonds. The molecule has 0 heterocycles. The van der Waals surface area contributed by atoms with Gasteiger partial charge in [0.05, 0.1) is 5.60 Å². The number of unbranched alkanes of at least 4 members (excludes halogenated alkanes) is 2.